The summed E-state index contributed by atoms with van der Waals surface area (Å²) < 4.78 is 44.9. The molecular formula is C76H143N7O12S. The van der Waals surface area contributed by atoms with E-state index >= 15 is 0 Å². The van der Waals surface area contributed by atoms with Crippen LogP contribution in [0.4, 0.5) is 5.69 Å². The minimum atomic E-state index is -3.50. The highest BCUT2D eigenvalue weighted by Crippen LogP contribution is 2.39. The lowest BCUT2D eigenvalue weighted by Gasteiger charge is -2.47. The van der Waals surface area contributed by atoms with Crippen molar-refractivity contribution in [1.82, 2.24) is 19.6 Å². The van der Waals surface area contributed by atoms with E-state index in [1.54, 1.807) is 19.1 Å². The van der Waals surface area contributed by atoms with Gasteiger partial charge in [0.2, 0.25) is 0 Å². The predicted octanol–water partition coefficient (Wildman–Crippen LogP) is 12.3. The number of ether oxygens (including phenoxy) is 3. The predicted molar refractivity (Wildman–Crippen MR) is 391 cm³/mol. The van der Waals surface area contributed by atoms with Gasteiger partial charge in [-0.15, -0.1) is 0 Å². The highest BCUT2D eigenvalue weighted by Gasteiger charge is 2.40. The lowest BCUT2D eigenvalue weighted by molar-refractivity contribution is -0.159. The quantitative estimate of drug-likeness (QED) is 0.0352. The van der Waals surface area contributed by atoms with E-state index in [0.29, 0.717) is 84.7 Å². The first-order chi connectivity index (χ1) is 44.5. The zero-order valence-electron chi connectivity index (χ0n) is 64.1. The number of hydrogen-bond donors (Lipinski definition) is 6. The van der Waals surface area contributed by atoms with E-state index in [1.807, 2.05) is 82.2 Å². The molecule has 0 bridgehead atoms. The van der Waals surface area contributed by atoms with Crippen molar-refractivity contribution < 1.29 is 56.5 Å². The van der Waals surface area contributed by atoms with Crippen LogP contribution in [0.15, 0.2) is 18.2 Å². The van der Waals surface area contributed by atoms with Crippen molar-refractivity contribution in [2.24, 2.45) is 58.8 Å². The zero-order chi connectivity index (χ0) is 72.6. The molecule has 0 radical (unpaired) electrons. The van der Waals surface area contributed by atoms with Crippen molar-refractivity contribution in [2.75, 3.05) is 63.8 Å². The Labute approximate surface area is 584 Å². The van der Waals surface area contributed by atoms with Crippen LogP contribution in [0.3, 0.4) is 0 Å². The number of phenols is 1. The standard InChI is InChI=1S/C20H38N2O2.C15H28O5S.C14H29N3.C13H24O3.C7H15NO.C7H9NO/c1-15(2)21-10-12-22(13-11-21)18-9-7-8-16(3)17(18)14-19(23)24-20(4,5)6;1-6-21(17,18)20-13-9-7-8-11(2)12(13)10-14(16)19-15(3,4)5;1-11(2)16-7-9-17(10-8-16)13-6-4-5-12(3)14(13)15;1-9-6-5-7-11(14)10(9)8-12(15)16-13(2,3)4;2*1-5-3-2-4-6(9)7(5)8/h15-18H,7-14H2,1-6H3;11-13H,6-10H2,1-5H3;11-14H,4-10,15H2,1-3H3;9-11,14H,5-8H2,1-4H3;5-7,9H,2-4,8H2,1H3;2-4,9H,8H2,1H3/t16-,17-,18-;11-,12-,13+;12-,13-,14-;9-,10-,11+;5-,6+,7-;/m00000./s1. The molecule has 19 nitrogen and oxygen atoms in total. The van der Waals surface area contributed by atoms with Gasteiger partial charge in [0, 0.05) is 88.6 Å². The number of hydrogen-bond acceptors (Lipinski definition) is 19. The Bertz CT molecular complexity index is 2460. The molecule has 0 unspecified atom stereocenters. The molecule has 0 spiro atoms. The molecule has 7 aliphatic rings. The minimum absolute atomic E-state index is 0.0212. The second-order valence-electron chi connectivity index (χ2n) is 33.1. The van der Waals surface area contributed by atoms with Crippen molar-refractivity contribution in [3.05, 3.63) is 23.8 Å². The molecule has 5 saturated carbocycles. The van der Waals surface area contributed by atoms with Gasteiger partial charge in [0.15, 0.2) is 0 Å². The number of aryl methyl sites for hydroxylation is 1. The summed E-state index contributed by atoms with van der Waals surface area (Å²) in [6.07, 6.45) is 16.7. The van der Waals surface area contributed by atoms with E-state index in [2.05, 4.69) is 75.0 Å². The fourth-order valence-corrected chi connectivity index (χ4v) is 15.8. The maximum Gasteiger partial charge on any atom is 0.306 e. The number of aliphatic hydroxyl groups excluding tert-OH is 2. The van der Waals surface area contributed by atoms with Crippen LogP contribution < -0.4 is 17.2 Å². The lowest BCUT2D eigenvalue weighted by Crippen LogP contribution is -2.59. The summed E-state index contributed by atoms with van der Waals surface area (Å²) in [6.45, 7) is 49.9. The van der Waals surface area contributed by atoms with Crippen LogP contribution in [-0.4, -0.2) is 191 Å². The number of nitrogen functional groups attached to an aromatic ring is 1. The average Bonchev–Trinajstić information content (AvgIpc) is 0.832. The van der Waals surface area contributed by atoms with Crippen molar-refractivity contribution in [1.29, 1.82) is 0 Å². The summed E-state index contributed by atoms with van der Waals surface area (Å²) in [5, 5.41) is 28.1. The molecule has 9 N–H and O–H groups in total. The number of piperazine rings is 2. The Morgan fingerprint density at radius 1 is 0.521 bits per heavy atom. The van der Waals surface area contributed by atoms with Gasteiger partial charge in [0.25, 0.3) is 10.1 Å². The molecule has 20 heteroatoms. The zero-order valence-corrected chi connectivity index (χ0v) is 64.9. The summed E-state index contributed by atoms with van der Waals surface area (Å²) in [5.74, 6) is 2.52. The largest absolute Gasteiger partial charge is 0.506 e. The molecular weight excluding hydrogens is 1230 g/mol. The third-order valence-corrected chi connectivity index (χ3v) is 22.4. The summed E-state index contributed by atoms with van der Waals surface area (Å²) >= 11 is 0. The number of phenolic OH excluding ortho intramolecular Hbond substituents is 1. The van der Waals surface area contributed by atoms with Crippen LogP contribution >= 0.6 is 0 Å². The summed E-state index contributed by atoms with van der Waals surface area (Å²) in [7, 11) is -3.50. The van der Waals surface area contributed by atoms with Crippen LogP contribution in [0.25, 0.3) is 0 Å². The van der Waals surface area contributed by atoms with E-state index in [9.17, 15) is 33.0 Å². The van der Waals surface area contributed by atoms with Gasteiger partial charge in [0.1, 0.15) is 22.6 Å². The van der Waals surface area contributed by atoms with Crippen LogP contribution in [0.2, 0.25) is 0 Å². The minimum Gasteiger partial charge on any atom is -0.506 e. The van der Waals surface area contributed by atoms with Gasteiger partial charge in [-0.2, -0.15) is 8.42 Å². The molecule has 96 heavy (non-hydrogen) atoms. The summed E-state index contributed by atoms with van der Waals surface area (Å²) in [4.78, 5) is 46.6. The molecule has 0 amide bonds. The fourth-order valence-electron chi connectivity index (χ4n) is 15.0. The van der Waals surface area contributed by atoms with Gasteiger partial charge >= 0.3 is 17.9 Å². The van der Waals surface area contributed by atoms with Crippen LogP contribution in [0.5, 0.6) is 5.75 Å². The van der Waals surface area contributed by atoms with E-state index in [0.717, 1.165) is 76.7 Å². The summed E-state index contributed by atoms with van der Waals surface area (Å²) in [6, 6.07) is 8.14. The highest BCUT2D eigenvalue weighted by molar-refractivity contribution is 7.86. The number of carbonyl (C=O) groups excluding carboxylic acids is 3. The molecule has 0 aromatic heterocycles. The smallest absolute Gasteiger partial charge is 0.306 e. The number of para-hydroxylation sites is 1. The van der Waals surface area contributed by atoms with Gasteiger partial charge in [-0.05, 0) is 208 Å². The van der Waals surface area contributed by atoms with Crippen molar-refractivity contribution in [3.8, 4) is 5.75 Å². The number of nitrogens with two attached hydrogens (primary N) is 3. The van der Waals surface area contributed by atoms with Crippen molar-refractivity contribution in [2.45, 2.75) is 325 Å². The highest BCUT2D eigenvalue weighted by atomic mass is 32.2. The fraction of sp³-hybridized carbons (Fsp3) is 0.882. The lowest BCUT2D eigenvalue weighted by atomic mass is 9.74. The number of rotatable bonds is 13. The van der Waals surface area contributed by atoms with E-state index in [-0.39, 0.29) is 77.4 Å². The first-order valence-electron chi connectivity index (χ1n) is 37.5. The number of carbonyl (C=O) groups is 3. The molecule has 5 aliphatic carbocycles. The van der Waals surface area contributed by atoms with Gasteiger partial charge in [-0.3, -0.25) is 38.2 Å². The van der Waals surface area contributed by atoms with Gasteiger partial charge in [-0.25, -0.2) is 0 Å². The summed E-state index contributed by atoms with van der Waals surface area (Å²) in [5.41, 5.74) is 17.5. The Morgan fingerprint density at radius 3 is 1.28 bits per heavy atom. The van der Waals surface area contributed by atoms with Crippen molar-refractivity contribution >= 4 is 33.7 Å². The average molecular weight is 1380 g/mol. The number of aromatic hydroxyl groups is 1. The molecule has 7 fully saturated rings. The number of esters is 3. The monoisotopic (exact) mass is 1380 g/mol. The van der Waals surface area contributed by atoms with Crippen LogP contribution in [0, 0.1) is 54.3 Å². The molecule has 8 rings (SSSR count). The molecule has 15 atom stereocenters. The molecule has 560 valence electrons. The third kappa shape index (κ3) is 31.8. The van der Waals surface area contributed by atoms with Gasteiger partial charge < -0.3 is 46.7 Å². The van der Waals surface area contributed by atoms with Gasteiger partial charge in [0.05, 0.1) is 49.0 Å². The number of aliphatic hydroxyl groups is 2. The topological polar surface area (TPSA) is 274 Å². The third-order valence-electron chi connectivity index (χ3n) is 21.1. The molecule has 1 aromatic rings. The van der Waals surface area contributed by atoms with Crippen LogP contribution in [0.1, 0.15) is 253 Å². The van der Waals surface area contributed by atoms with E-state index in [4.69, 9.17) is 40.7 Å². The Morgan fingerprint density at radius 2 is 0.885 bits per heavy atom. The maximum absolute atomic E-state index is 12.4. The van der Waals surface area contributed by atoms with E-state index in [1.165, 1.54) is 71.1 Å². The molecule has 2 saturated heterocycles. The second kappa shape index (κ2) is 41.1. The first-order valence-corrected chi connectivity index (χ1v) is 39.0. The molecule has 1 aromatic carbocycles. The van der Waals surface area contributed by atoms with Crippen LogP contribution in [-0.2, 0) is 42.9 Å². The SMILES string of the molecule is CC(C)N1CCN([C@H]2CCC[C@H](C)[C@@H]2CC(=O)OC(C)(C)C)CC1.CC(C)N1CCN([C@H]2CCC[C@H](C)[C@@H]2N)CC1.CCS(=O)(=O)O[C@@H]1CCC[C@H](C)[C@@H]1CC(=O)OC(C)(C)C.C[C@H]1CCC[C@@H](O)[C@H]1CC(=O)OC(C)(C)C.C[C@H]1CCC[C@@H](O)[C@H]1N.Cc1cccc(O)c1N. The number of benzene rings is 1. The Balaban J connectivity index is 0.000000309. The second-order valence-corrected chi connectivity index (χ2v) is 35.0. The Kier molecular flexibility index (Phi) is 37.2. The van der Waals surface area contributed by atoms with Crippen molar-refractivity contribution in [3.63, 3.8) is 0 Å². The normalized spacial score (nSPS) is 30.6. The van der Waals surface area contributed by atoms with Gasteiger partial charge in [-0.1, -0.05) is 98.1 Å². The van der Waals surface area contributed by atoms with E-state index < -0.39 is 27.4 Å². The number of nitrogens with zero attached hydrogens (tertiary/aromatic N) is 4. The number of anilines is 1. The molecule has 2 heterocycles. The first kappa shape index (κ1) is 87.0. The molecule has 2 aliphatic heterocycles. The maximum atomic E-state index is 12.4. The Hall–Kier alpha value is -3.18.